The van der Waals surface area contributed by atoms with Crippen LogP contribution >= 0.6 is 11.6 Å². The fourth-order valence-electron chi connectivity index (χ4n) is 4.53. The first-order valence-electron chi connectivity index (χ1n) is 12.1. The summed E-state index contributed by atoms with van der Waals surface area (Å²) in [4.78, 5) is 29.6. The number of amides is 2. The van der Waals surface area contributed by atoms with Crippen LogP contribution in [0.1, 0.15) is 35.2 Å². The van der Waals surface area contributed by atoms with E-state index in [1.54, 1.807) is 53.2 Å². The number of rotatable bonds is 8. The average Bonchev–Trinajstić information content (AvgIpc) is 2.89. The maximum atomic E-state index is 14.2. The molecule has 1 aliphatic heterocycles. The largest absolute Gasteiger partial charge is 0.493 e. The van der Waals surface area contributed by atoms with Crippen molar-refractivity contribution in [3.63, 3.8) is 0 Å². The standard InChI is InChI=1S/C29H30ClFN2O3/c1-32(20-22-7-3-2-4-8-22)27(34)19-29(21-36-24-13-11-23(30)12-14-24)15-17-33(18-16-29)28(35)25-9-5-6-10-26(25)31/h2-14H,15-21H2,1H3. The Morgan fingerprint density at radius 3 is 2.28 bits per heavy atom. The lowest BCUT2D eigenvalue weighted by Crippen LogP contribution is -2.47. The van der Waals surface area contributed by atoms with Gasteiger partial charge in [0.1, 0.15) is 11.6 Å². The highest BCUT2D eigenvalue weighted by Gasteiger charge is 2.39. The van der Waals surface area contributed by atoms with Crippen LogP contribution in [0.5, 0.6) is 5.75 Å². The summed E-state index contributed by atoms with van der Waals surface area (Å²) >= 11 is 6.00. The van der Waals surface area contributed by atoms with Crippen molar-refractivity contribution >= 4 is 23.4 Å². The van der Waals surface area contributed by atoms with Crippen molar-refractivity contribution in [3.05, 3.63) is 101 Å². The van der Waals surface area contributed by atoms with Gasteiger partial charge in [0.05, 0.1) is 12.2 Å². The highest BCUT2D eigenvalue weighted by molar-refractivity contribution is 6.30. The molecule has 4 rings (SSSR count). The summed E-state index contributed by atoms with van der Waals surface area (Å²) in [7, 11) is 1.81. The second-order valence-corrected chi connectivity index (χ2v) is 9.86. The number of halogens is 2. The van der Waals surface area contributed by atoms with Crippen LogP contribution in [0.4, 0.5) is 4.39 Å². The first-order chi connectivity index (χ1) is 17.3. The summed E-state index contributed by atoms with van der Waals surface area (Å²) < 4.78 is 20.3. The van der Waals surface area contributed by atoms with Gasteiger partial charge in [0.25, 0.3) is 5.91 Å². The maximum absolute atomic E-state index is 14.2. The Hall–Kier alpha value is -3.38. The molecule has 0 aliphatic carbocycles. The van der Waals surface area contributed by atoms with Crippen LogP contribution in [0.3, 0.4) is 0 Å². The highest BCUT2D eigenvalue weighted by atomic mass is 35.5. The third kappa shape index (κ3) is 6.43. The summed E-state index contributed by atoms with van der Waals surface area (Å²) in [5.74, 6) is -0.155. The molecule has 0 N–H and O–H groups in total. The lowest BCUT2D eigenvalue weighted by molar-refractivity contribution is -0.134. The molecule has 0 atom stereocenters. The molecule has 3 aromatic carbocycles. The van der Waals surface area contributed by atoms with E-state index in [4.69, 9.17) is 16.3 Å². The van der Waals surface area contributed by atoms with Gasteiger partial charge in [-0.25, -0.2) is 4.39 Å². The Morgan fingerprint density at radius 1 is 0.972 bits per heavy atom. The zero-order valence-electron chi connectivity index (χ0n) is 20.3. The van der Waals surface area contributed by atoms with Gasteiger partial charge in [0, 0.05) is 43.5 Å². The van der Waals surface area contributed by atoms with Crippen LogP contribution < -0.4 is 4.74 Å². The minimum Gasteiger partial charge on any atom is -0.493 e. The molecule has 3 aromatic rings. The molecule has 0 unspecified atom stereocenters. The van der Waals surface area contributed by atoms with Gasteiger partial charge in [-0.05, 0) is 54.8 Å². The lowest BCUT2D eigenvalue weighted by atomic mass is 9.75. The van der Waals surface area contributed by atoms with E-state index in [9.17, 15) is 14.0 Å². The number of piperidine rings is 1. The van der Waals surface area contributed by atoms with E-state index < -0.39 is 11.2 Å². The van der Waals surface area contributed by atoms with Gasteiger partial charge < -0.3 is 14.5 Å². The van der Waals surface area contributed by atoms with E-state index in [0.29, 0.717) is 56.3 Å². The predicted molar refractivity (Wildman–Crippen MR) is 138 cm³/mol. The number of nitrogens with zero attached hydrogens (tertiary/aromatic N) is 2. The number of ether oxygens (including phenoxy) is 1. The Kier molecular flexibility index (Phi) is 8.26. The molecule has 1 fully saturated rings. The number of carbonyl (C=O) groups is 2. The molecule has 0 spiro atoms. The first kappa shape index (κ1) is 25.7. The lowest BCUT2D eigenvalue weighted by Gasteiger charge is -2.42. The predicted octanol–water partition coefficient (Wildman–Crippen LogP) is 5.83. The molecule has 0 bridgehead atoms. The quantitative estimate of drug-likeness (QED) is 0.384. The molecule has 1 saturated heterocycles. The van der Waals surface area contributed by atoms with Gasteiger partial charge >= 0.3 is 0 Å². The molecular weight excluding hydrogens is 479 g/mol. The van der Waals surface area contributed by atoms with Crippen LogP contribution in [0.25, 0.3) is 0 Å². The molecular formula is C29H30ClFN2O3. The fraction of sp³-hybridized carbons (Fsp3) is 0.310. The smallest absolute Gasteiger partial charge is 0.256 e. The van der Waals surface area contributed by atoms with E-state index >= 15 is 0 Å². The zero-order chi connectivity index (χ0) is 25.5. The summed E-state index contributed by atoms with van der Waals surface area (Å²) in [6.45, 7) is 1.70. The van der Waals surface area contributed by atoms with Crippen molar-refractivity contribution in [2.24, 2.45) is 5.41 Å². The van der Waals surface area contributed by atoms with Crippen molar-refractivity contribution < 1.29 is 18.7 Å². The summed E-state index contributed by atoms with van der Waals surface area (Å²) in [5, 5.41) is 0.620. The zero-order valence-corrected chi connectivity index (χ0v) is 21.1. The van der Waals surface area contributed by atoms with Gasteiger partial charge in [-0.15, -0.1) is 0 Å². The Labute approximate surface area is 216 Å². The van der Waals surface area contributed by atoms with Crippen molar-refractivity contribution in [3.8, 4) is 5.75 Å². The molecule has 2 amide bonds. The van der Waals surface area contributed by atoms with E-state index in [-0.39, 0.29) is 17.4 Å². The maximum Gasteiger partial charge on any atom is 0.256 e. The molecule has 7 heteroatoms. The number of benzene rings is 3. The summed E-state index contributed by atoms with van der Waals surface area (Å²) in [6.07, 6.45) is 1.45. The second-order valence-electron chi connectivity index (χ2n) is 9.43. The van der Waals surface area contributed by atoms with E-state index in [0.717, 1.165) is 5.56 Å². The summed E-state index contributed by atoms with van der Waals surface area (Å²) in [5.41, 5.74) is 0.680. The van der Waals surface area contributed by atoms with Crippen LogP contribution in [0, 0.1) is 11.2 Å². The molecule has 1 aliphatic rings. The second kappa shape index (κ2) is 11.6. The molecule has 36 heavy (non-hydrogen) atoms. The molecule has 5 nitrogen and oxygen atoms in total. The van der Waals surface area contributed by atoms with Crippen LogP contribution in [0.15, 0.2) is 78.9 Å². The van der Waals surface area contributed by atoms with Crippen molar-refractivity contribution in [1.29, 1.82) is 0 Å². The third-order valence-electron chi connectivity index (χ3n) is 6.79. The van der Waals surface area contributed by atoms with E-state index in [1.807, 2.05) is 30.3 Å². The Morgan fingerprint density at radius 2 is 1.61 bits per heavy atom. The third-order valence-corrected chi connectivity index (χ3v) is 7.04. The molecule has 0 radical (unpaired) electrons. The Bertz CT molecular complexity index is 1180. The van der Waals surface area contributed by atoms with Gasteiger partial charge in [-0.3, -0.25) is 9.59 Å². The molecule has 1 heterocycles. The number of carbonyl (C=O) groups excluding carboxylic acids is 2. The average molecular weight is 509 g/mol. The van der Waals surface area contributed by atoms with Gasteiger partial charge in [0.15, 0.2) is 0 Å². The molecule has 0 saturated carbocycles. The minimum atomic E-state index is -0.525. The van der Waals surface area contributed by atoms with Crippen LogP contribution in [0.2, 0.25) is 5.02 Å². The van der Waals surface area contributed by atoms with Crippen molar-refractivity contribution in [1.82, 2.24) is 9.80 Å². The Balaban J connectivity index is 1.46. The van der Waals surface area contributed by atoms with E-state index in [1.165, 1.54) is 12.1 Å². The first-order valence-corrected chi connectivity index (χ1v) is 12.4. The van der Waals surface area contributed by atoms with Gasteiger partial charge in [0.2, 0.25) is 5.91 Å². The highest BCUT2D eigenvalue weighted by Crippen LogP contribution is 2.37. The molecule has 188 valence electrons. The normalized spacial score (nSPS) is 14.8. The monoisotopic (exact) mass is 508 g/mol. The van der Waals surface area contributed by atoms with Crippen molar-refractivity contribution in [2.45, 2.75) is 25.8 Å². The topological polar surface area (TPSA) is 49.9 Å². The summed E-state index contributed by atoms with van der Waals surface area (Å²) in [6, 6.07) is 23.0. The van der Waals surface area contributed by atoms with Crippen LogP contribution in [-0.2, 0) is 11.3 Å². The SMILES string of the molecule is CN(Cc1ccccc1)C(=O)CC1(COc2ccc(Cl)cc2)CCN(C(=O)c2ccccc2F)CC1. The number of hydrogen-bond donors (Lipinski definition) is 0. The number of hydrogen-bond acceptors (Lipinski definition) is 3. The van der Waals surface area contributed by atoms with Gasteiger partial charge in [-0.1, -0.05) is 54.1 Å². The van der Waals surface area contributed by atoms with Crippen LogP contribution in [-0.4, -0.2) is 48.4 Å². The van der Waals surface area contributed by atoms with Crippen molar-refractivity contribution in [2.75, 3.05) is 26.7 Å². The minimum absolute atomic E-state index is 0.0208. The van der Waals surface area contributed by atoms with E-state index in [2.05, 4.69) is 0 Å². The molecule has 0 aromatic heterocycles. The fourth-order valence-corrected chi connectivity index (χ4v) is 4.66. The number of likely N-dealkylation sites (tertiary alicyclic amines) is 1. The van der Waals surface area contributed by atoms with Gasteiger partial charge in [-0.2, -0.15) is 0 Å².